The minimum atomic E-state index is -0.713. The van der Waals surface area contributed by atoms with Gasteiger partial charge in [0.1, 0.15) is 11.3 Å². The first-order chi connectivity index (χ1) is 15.0. The second-order valence-electron chi connectivity index (χ2n) is 7.73. The molecule has 158 valence electrons. The van der Waals surface area contributed by atoms with Crippen molar-refractivity contribution in [3.63, 3.8) is 0 Å². The van der Waals surface area contributed by atoms with Gasteiger partial charge in [-0.3, -0.25) is 14.7 Å². The Morgan fingerprint density at radius 2 is 1.90 bits per heavy atom. The molecule has 0 amide bonds. The molecule has 4 aromatic rings. The summed E-state index contributed by atoms with van der Waals surface area (Å²) in [7, 11) is 3.42. The number of para-hydroxylation sites is 1. The average molecular weight is 418 g/mol. The number of likely N-dealkylation sites (N-methyl/N-ethyl adjacent to an activating group) is 1. The van der Waals surface area contributed by atoms with E-state index in [1.165, 1.54) is 7.11 Å². The van der Waals surface area contributed by atoms with Crippen molar-refractivity contribution in [3.8, 4) is 17.3 Å². The van der Waals surface area contributed by atoms with Crippen LogP contribution in [0.2, 0.25) is 0 Å². The van der Waals surface area contributed by atoms with E-state index in [1.807, 2.05) is 36.2 Å². The molecule has 8 nitrogen and oxygen atoms in total. The largest absolute Gasteiger partial charge is 0.497 e. The topological polar surface area (TPSA) is 103 Å². The van der Waals surface area contributed by atoms with E-state index in [0.29, 0.717) is 18.0 Å². The zero-order chi connectivity index (χ0) is 21.7. The van der Waals surface area contributed by atoms with E-state index in [-0.39, 0.29) is 11.4 Å². The van der Waals surface area contributed by atoms with Crippen LogP contribution in [0.25, 0.3) is 16.6 Å². The van der Waals surface area contributed by atoms with Crippen molar-refractivity contribution in [2.45, 2.75) is 12.5 Å². The molecule has 8 heteroatoms. The van der Waals surface area contributed by atoms with Gasteiger partial charge >= 0.3 is 5.69 Å². The number of nitrogens with zero attached hydrogens (tertiary/aromatic N) is 2. The predicted molar refractivity (Wildman–Crippen MR) is 117 cm³/mol. The summed E-state index contributed by atoms with van der Waals surface area (Å²) in [5.41, 5.74) is 2.15. The highest BCUT2D eigenvalue weighted by Crippen LogP contribution is 2.39. The van der Waals surface area contributed by atoms with E-state index >= 15 is 0 Å². The number of ether oxygens (including phenoxy) is 1. The number of methoxy groups -OCH3 is 1. The van der Waals surface area contributed by atoms with Gasteiger partial charge in [0.25, 0.3) is 5.56 Å². The van der Waals surface area contributed by atoms with Crippen molar-refractivity contribution >= 4 is 10.9 Å². The molecule has 0 spiro atoms. The fourth-order valence-corrected chi connectivity index (χ4v) is 4.50. The third-order valence-electron chi connectivity index (χ3n) is 5.98. The van der Waals surface area contributed by atoms with Gasteiger partial charge in [-0.25, -0.2) is 9.36 Å². The summed E-state index contributed by atoms with van der Waals surface area (Å²) in [5, 5.41) is 12.3. The van der Waals surface area contributed by atoms with Crippen molar-refractivity contribution < 1.29 is 9.84 Å². The number of hydrogen-bond donors (Lipinski definition) is 3. The molecule has 0 saturated heterocycles. The summed E-state index contributed by atoms with van der Waals surface area (Å²) in [4.78, 5) is 33.4. The molecule has 2 aromatic carbocycles. The smallest absolute Gasteiger partial charge is 0.335 e. The molecule has 0 radical (unpaired) electrons. The molecule has 0 saturated carbocycles. The van der Waals surface area contributed by atoms with E-state index in [4.69, 9.17) is 4.74 Å². The summed E-state index contributed by atoms with van der Waals surface area (Å²) in [6.45, 7) is 0.705. The highest BCUT2D eigenvalue weighted by molar-refractivity contribution is 5.85. The normalized spacial score (nSPS) is 16.4. The zero-order valence-electron chi connectivity index (χ0n) is 17.2. The summed E-state index contributed by atoms with van der Waals surface area (Å²) in [6, 6.07) is 14.2. The number of benzene rings is 2. The minimum absolute atomic E-state index is 0.123. The Labute approximate surface area is 177 Å². The van der Waals surface area contributed by atoms with Crippen LogP contribution in [-0.4, -0.2) is 45.2 Å². The van der Waals surface area contributed by atoms with Crippen LogP contribution in [-0.2, 0) is 6.42 Å². The summed E-state index contributed by atoms with van der Waals surface area (Å²) < 4.78 is 6.34. The van der Waals surface area contributed by atoms with Gasteiger partial charge < -0.3 is 14.8 Å². The Morgan fingerprint density at radius 3 is 2.71 bits per heavy atom. The van der Waals surface area contributed by atoms with Gasteiger partial charge in [0.2, 0.25) is 5.88 Å². The molecule has 1 atom stereocenters. The van der Waals surface area contributed by atoms with Gasteiger partial charge in [0, 0.05) is 29.2 Å². The molecule has 3 N–H and O–H groups in total. The van der Waals surface area contributed by atoms with Crippen LogP contribution in [0.5, 0.6) is 11.6 Å². The maximum atomic E-state index is 12.9. The first-order valence-electron chi connectivity index (χ1n) is 10.0. The quantitative estimate of drug-likeness (QED) is 0.474. The molecule has 0 aliphatic carbocycles. The van der Waals surface area contributed by atoms with Crippen molar-refractivity contribution in [3.05, 3.63) is 86.2 Å². The molecule has 0 fully saturated rings. The molecule has 2 aromatic heterocycles. The van der Waals surface area contributed by atoms with Gasteiger partial charge in [0.05, 0.1) is 18.8 Å². The van der Waals surface area contributed by atoms with Gasteiger partial charge in [-0.05, 0) is 37.2 Å². The summed E-state index contributed by atoms with van der Waals surface area (Å²) in [6.07, 6.45) is 0.820. The fraction of sp³-hybridized carbons (Fsp3) is 0.217. The first-order valence-corrected chi connectivity index (χ1v) is 10.0. The number of hydrogen-bond acceptors (Lipinski definition) is 5. The SMILES string of the molecule is COc1cccc(-n2c(O)c(C3c4[nH]c5ccccc5c4CCN3C)c(=O)[nH]c2=O)c1. The number of H-pyrrole nitrogens is 2. The van der Waals surface area contributed by atoms with Crippen molar-refractivity contribution in [1.82, 2.24) is 19.4 Å². The maximum absolute atomic E-state index is 12.9. The minimum Gasteiger partial charge on any atom is -0.497 e. The molecular formula is C23H22N4O4. The van der Waals surface area contributed by atoms with Crippen molar-refractivity contribution in [1.29, 1.82) is 0 Å². The Kier molecular flexibility index (Phi) is 4.44. The molecule has 0 bridgehead atoms. The fourth-order valence-electron chi connectivity index (χ4n) is 4.50. The second-order valence-corrected chi connectivity index (χ2v) is 7.73. The molecule has 1 aliphatic rings. The highest BCUT2D eigenvalue weighted by Gasteiger charge is 2.34. The lowest BCUT2D eigenvalue weighted by molar-refractivity contribution is 0.251. The molecule has 1 aliphatic heterocycles. The molecular weight excluding hydrogens is 396 g/mol. The Morgan fingerprint density at radius 1 is 1.10 bits per heavy atom. The summed E-state index contributed by atoms with van der Waals surface area (Å²) >= 11 is 0. The van der Waals surface area contributed by atoms with Gasteiger partial charge in [0.15, 0.2) is 0 Å². The first kappa shape index (κ1) is 19.2. The second kappa shape index (κ2) is 7.17. The van der Waals surface area contributed by atoms with E-state index in [2.05, 4.69) is 9.97 Å². The number of rotatable bonds is 3. The van der Waals surface area contributed by atoms with Crippen LogP contribution in [0.1, 0.15) is 22.9 Å². The van der Waals surface area contributed by atoms with Gasteiger partial charge in [-0.1, -0.05) is 24.3 Å². The van der Waals surface area contributed by atoms with Gasteiger partial charge in [-0.2, -0.15) is 0 Å². The zero-order valence-corrected chi connectivity index (χ0v) is 17.2. The number of aromatic hydroxyl groups is 1. The van der Waals surface area contributed by atoms with Crippen molar-refractivity contribution in [2.75, 3.05) is 20.7 Å². The number of nitrogens with one attached hydrogen (secondary N) is 2. The maximum Gasteiger partial charge on any atom is 0.335 e. The molecule has 1 unspecified atom stereocenters. The van der Waals surface area contributed by atoms with Crippen LogP contribution in [0.3, 0.4) is 0 Å². The van der Waals surface area contributed by atoms with E-state index in [9.17, 15) is 14.7 Å². The molecule has 5 rings (SSSR count). The van der Waals surface area contributed by atoms with Crippen LogP contribution in [0.4, 0.5) is 0 Å². The Bertz CT molecular complexity index is 1420. The lowest BCUT2D eigenvalue weighted by Gasteiger charge is -2.33. The van der Waals surface area contributed by atoms with Crippen molar-refractivity contribution in [2.24, 2.45) is 0 Å². The van der Waals surface area contributed by atoms with Gasteiger partial charge in [-0.15, -0.1) is 0 Å². The van der Waals surface area contributed by atoms with E-state index < -0.39 is 17.3 Å². The lowest BCUT2D eigenvalue weighted by atomic mass is 9.94. The molecule has 31 heavy (non-hydrogen) atoms. The summed E-state index contributed by atoms with van der Waals surface area (Å²) in [5.74, 6) is 0.148. The Balaban J connectivity index is 1.77. The highest BCUT2D eigenvalue weighted by atomic mass is 16.5. The van der Waals surface area contributed by atoms with E-state index in [1.54, 1.807) is 24.3 Å². The van der Waals surface area contributed by atoms with Crippen LogP contribution < -0.4 is 16.0 Å². The van der Waals surface area contributed by atoms with Crippen LogP contribution in [0, 0.1) is 0 Å². The Hall–Kier alpha value is -3.78. The third kappa shape index (κ3) is 2.95. The van der Waals surface area contributed by atoms with Crippen LogP contribution in [0.15, 0.2) is 58.1 Å². The lowest BCUT2D eigenvalue weighted by Crippen LogP contribution is -2.39. The average Bonchev–Trinajstić information content (AvgIpc) is 3.14. The third-order valence-corrected chi connectivity index (χ3v) is 5.98. The number of aromatic nitrogens is 3. The standard InChI is InChI=1S/C23H22N4O4/c1-26-11-10-16-15-8-3-4-9-17(15)24-19(16)20(26)18-21(28)25-23(30)27(22(18)29)13-6-5-7-14(12-13)31-2/h3-9,12,20,24,29H,10-11H2,1-2H3,(H,25,28,30). The monoisotopic (exact) mass is 418 g/mol. The number of aromatic amines is 2. The number of fused-ring (bicyclic) bond motifs is 3. The predicted octanol–water partition coefficient (Wildman–Crippen LogP) is 2.30. The molecule has 3 heterocycles. The van der Waals surface area contributed by atoms with Crippen LogP contribution >= 0.6 is 0 Å². The van der Waals surface area contributed by atoms with E-state index in [0.717, 1.165) is 33.1 Å².